The third-order valence-electron chi connectivity index (χ3n) is 5.33. The van der Waals surface area contributed by atoms with Crippen LogP contribution < -0.4 is 4.90 Å². The van der Waals surface area contributed by atoms with Gasteiger partial charge in [-0.2, -0.15) is 5.26 Å². The minimum Gasteiger partial charge on any atom is -0.394 e. The molecule has 1 aromatic heterocycles. The molecule has 2 aromatic carbocycles. The van der Waals surface area contributed by atoms with Crippen LogP contribution >= 0.6 is 11.3 Å². The first-order chi connectivity index (χ1) is 13.7. The number of anilines is 1. The number of nitriles is 1. The summed E-state index contributed by atoms with van der Waals surface area (Å²) in [6.45, 7) is 2.01. The topological polar surface area (TPSA) is 60.2 Å². The molecule has 0 unspecified atom stereocenters. The Balaban J connectivity index is 1.59. The van der Waals surface area contributed by atoms with E-state index in [1.165, 1.54) is 23.5 Å². The number of hydrogen-bond donors (Lipinski definition) is 1. The monoisotopic (exact) mass is 393 g/mol. The van der Waals surface area contributed by atoms with E-state index in [0.717, 1.165) is 33.9 Å². The zero-order valence-corrected chi connectivity index (χ0v) is 16.2. The molecule has 3 aromatic rings. The van der Waals surface area contributed by atoms with Gasteiger partial charge in [0.15, 0.2) is 5.13 Å². The van der Waals surface area contributed by atoms with E-state index in [2.05, 4.69) is 11.1 Å². The average molecular weight is 393 g/mol. The molecule has 1 N–H and O–H groups in total. The van der Waals surface area contributed by atoms with Crippen molar-refractivity contribution in [3.05, 3.63) is 71.0 Å². The van der Waals surface area contributed by atoms with Crippen molar-refractivity contribution < 1.29 is 9.50 Å². The van der Waals surface area contributed by atoms with Gasteiger partial charge in [-0.05, 0) is 35.2 Å². The Morgan fingerprint density at radius 3 is 2.32 bits per heavy atom. The minimum atomic E-state index is -0.357. The summed E-state index contributed by atoms with van der Waals surface area (Å²) in [6, 6.07) is 16.2. The molecule has 0 spiro atoms. The summed E-state index contributed by atoms with van der Waals surface area (Å²) in [4.78, 5) is 6.52. The molecule has 0 amide bonds. The number of aliphatic hydroxyl groups is 1. The third kappa shape index (κ3) is 3.17. The van der Waals surface area contributed by atoms with Crippen molar-refractivity contribution in [2.45, 2.75) is 31.3 Å². The van der Waals surface area contributed by atoms with Crippen LogP contribution in [0, 0.1) is 17.1 Å². The Bertz CT molecular complexity index is 994. The molecule has 0 bridgehead atoms. The zero-order valence-electron chi connectivity index (χ0n) is 15.4. The van der Waals surface area contributed by atoms with Crippen LogP contribution in [0.15, 0.2) is 53.9 Å². The van der Waals surface area contributed by atoms with Crippen LogP contribution in [-0.2, 0) is 6.42 Å². The number of aryl methyl sites for hydroxylation is 1. The highest BCUT2D eigenvalue weighted by molar-refractivity contribution is 7.13. The summed E-state index contributed by atoms with van der Waals surface area (Å²) in [5, 5.41) is 22.5. The molecule has 2 heterocycles. The van der Waals surface area contributed by atoms with Gasteiger partial charge in [0.05, 0.1) is 24.4 Å². The van der Waals surface area contributed by atoms with Gasteiger partial charge in [-0.25, -0.2) is 9.37 Å². The maximum absolute atomic E-state index is 13.1. The Labute approximate surface area is 167 Å². The maximum atomic E-state index is 13.1. The predicted octanol–water partition coefficient (Wildman–Crippen LogP) is 4.37. The normalized spacial score (nSPS) is 21.2. The second kappa shape index (κ2) is 7.70. The Morgan fingerprint density at radius 2 is 1.79 bits per heavy atom. The summed E-state index contributed by atoms with van der Waals surface area (Å²) < 4.78 is 13.1. The van der Waals surface area contributed by atoms with Gasteiger partial charge in [0.25, 0.3) is 0 Å². The number of hydrogen-bond acceptors (Lipinski definition) is 5. The maximum Gasteiger partial charge on any atom is 0.186 e. The van der Waals surface area contributed by atoms with E-state index in [0.29, 0.717) is 0 Å². The van der Waals surface area contributed by atoms with E-state index < -0.39 is 0 Å². The lowest BCUT2D eigenvalue weighted by Gasteiger charge is -2.51. The van der Waals surface area contributed by atoms with Crippen LogP contribution in [0.3, 0.4) is 0 Å². The quantitative estimate of drug-likeness (QED) is 0.699. The van der Waals surface area contributed by atoms with Crippen LogP contribution in [0.5, 0.6) is 0 Å². The first-order valence-electron chi connectivity index (χ1n) is 9.25. The number of aliphatic hydroxyl groups excluding tert-OH is 1. The lowest BCUT2D eigenvalue weighted by molar-refractivity contribution is 0.187. The van der Waals surface area contributed by atoms with E-state index in [1.807, 2.05) is 41.5 Å². The number of thiazole rings is 1. The molecule has 3 atom stereocenters. The van der Waals surface area contributed by atoms with Crippen LogP contribution in [0.25, 0.3) is 11.1 Å². The van der Waals surface area contributed by atoms with Gasteiger partial charge in [-0.15, -0.1) is 11.3 Å². The van der Waals surface area contributed by atoms with E-state index >= 15 is 0 Å². The summed E-state index contributed by atoms with van der Waals surface area (Å²) >= 11 is 1.52. The van der Waals surface area contributed by atoms with Crippen LogP contribution in [-0.4, -0.2) is 28.8 Å². The summed E-state index contributed by atoms with van der Waals surface area (Å²) in [6.07, 6.45) is 0.847. The van der Waals surface area contributed by atoms with Crippen LogP contribution in [0.2, 0.25) is 0 Å². The number of aromatic nitrogens is 1. The van der Waals surface area contributed by atoms with Crippen LogP contribution in [0.1, 0.15) is 24.1 Å². The molecule has 4 nitrogen and oxygen atoms in total. The number of halogens is 1. The molecule has 0 saturated carbocycles. The molecular weight excluding hydrogens is 373 g/mol. The third-order valence-corrected chi connectivity index (χ3v) is 6.23. The fraction of sp³-hybridized carbons (Fsp3) is 0.273. The van der Waals surface area contributed by atoms with Crippen molar-refractivity contribution >= 4 is 16.5 Å². The molecule has 4 rings (SSSR count). The average Bonchev–Trinajstić information content (AvgIpc) is 3.17. The highest BCUT2D eigenvalue weighted by Gasteiger charge is 2.50. The molecule has 142 valence electrons. The van der Waals surface area contributed by atoms with E-state index in [9.17, 15) is 14.8 Å². The van der Waals surface area contributed by atoms with Crippen molar-refractivity contribution in [2.24, 2.45) is 0 Å². The van der Waals surface area contributed by atoms with Gasteiger partial charge in [0, 0.05) is 11.3 Å². The largest absolute Gasteiger partial charge is 0.394 e. The molecule has 28 heavy (non-hydrogen) atoms. The van der Waals surface area contributed by atoms with E-state index in [4.69, 9.17) is 0 Å². The van der Waals surface area contributed by atoms with Crippen molar-refractivity contribution in [3.63, 3.8) is 0 Å². The molecule has 6 heteroatoms. The first kappa shape index (κ1) is 18.6. The fourth-order valence-corrected chi connectivity index (χ4v) is 4.79. The standard InChI is InChI=1S/C22H20FN3OS/c1-2-18-13-28-22(25-18)26-19(11-24)21(20(26)12-27)16-5-3-14(4-6-16)15-7-9-17(23)10-8-15/h3-10,13,19-21,27H,2,12H2,1H3/t19-,20-,21-/m1/s1. The van der Waals surface area contributed by atoms with Crippen molar-refractivity contribution in [1.82, 2.24) is 4.98 Å². The molecule has 1 aliphatic rings. The Morgan fingerprint density at radius 1 is 1.14 bits per heavy atom. The Hall–Kier alpha value is -2.75. The second-order valence-corrected chi connectivity index (χ2v) is 7.70. The molecule has 1 saturated heterocycles. The smallest absolute Gasteiger partial charge is 0.186 e. The Kier molecular flexibility index (Phi) is 5.12. The molecular formula is C22H20FN3OS. The summed E-state index contributed by atoms with van der Waals surface area (Å²) in [5.74, 6) is -0.336. The van der Waals surface area contributed by atoms with Gasteiger partial charge in [-0.1, -0.05) is 43.3 Å². The van der Waals surface area contributed by atoms with Gasteiger partial charge >= 0.3 is 0 Å². The van der Waals surface area contributed by atoms with Gasteiger partial charge in [-0.3, -0.25) is 0 Å². The number of rotatable bonds is 5. The molecule has 0 aliphatic carbocycles. The molecule has 1 fully saturated rings. The lowest BCUT2D eigenvalue weighted by Crippen LogP contribution is -2.63. The summed E-state index contributed by atoms with van der Waals surface area (Å²) in [5.41, 5.74) is 3.94. The van der Waals surface area contributed by atoms with Crippen molar-refractivity contribution in [1.29, 1.82) is 5.26 Å². The van der Waals surface area contributed by atoms with Gasteiger partial charge in [0.1, 0.15) is 11.9 Å². The number of benzene rings is 2. The SMILES string of the molecule is CCc1csc(N2[C@H](C#N)[C@@H](c3ccc(-c4ccc(F)cc4)cc3)[C@H]2CO)n1. The minimum absolute atomic E-state index is 0.0381. The van der Waals surface area contributed by atoms with Gasteiger partial charge in [0.2, 0.25) is 0 Å². The fourth-order valence-electron chi connectivity index (χ4n) is 3.79. The number of nitrogens with zero attached hydrogens (tertiary/aromatic N) is 3. The zero-order chi connectivity index (χ0) is 19.7. The second-order valence-electron chi connectivity index (χ2n) is 6.86. The molecule has 0 radical (unpaired) electrons. The van der Waals surface area contributed by atoms with E-state index in [1.54, 1.807) is 12.1 Å². The first-order valence-corrected chi connectivity index (χ1v) is 10.1. The lowest BCUT2D eigenvalue weighted by atomic mass is 9.76. The van der Waals surface area contributed by atoms with E-state index in [-0.39, 0.29) is 30.4 Å². The molecule has 1 aliphatic heterocycles. The van der Waals surface area contributed by atoms with Crippen molar-refractivity contribution in [2.75, 3.05) is 11.5 Å². The van der Waals surface area contributed by atoms with Crippen LogP contribution in [0.4, 0.5) is 9.52 Å². The highest BCUT2D eigenvalue weighted by Crippen LogP contribution is 2.44. The summed E-state index contributed by atoms with van der Waals surface area (Å²) in [7, 11) is 0. The van der Waals surface area contributed by atoms with Crippen molar-refractivity contribution in [3.8, 4) is 17.2 Å². The highest BCUT2D eigenvalue weighted by atomic mass is 32.1. The predicted molar refractivity (Wildman–Crippen MR) is 109 cm³/mol. The van der Waals surface area contributed by atoms with Gasteiger partial charge < -0.3 is 10.0 Å².